The smallest absolute Gasteiger partial charge is 0.234 e. The number of nitrogens with one attached hydrogen (secondary N) is 2. The Balaban J connectivity index is 1.54. The lowest BCUT2D eigenvalue weighted by Gasteiger charge is -2.10. The van der Waals surface area contributed by atoms with Gasteiger partial charge in [-0.05, 0) is 37.1 Å². The van der Waals surface area contributed by atoms with Crippen molar-refractivity contribution in [2.24, 2.45) is 0 Å². The van der Waals surface area contributed by atoms with Gasteiger partial charge in [0, 0.05) is 11.4 Å². The third-order valence-electron chi connectivity index (χ3n) is 3.50. The van der Waals surface area contributed by atoms with Gasteiger partial charge >= 0.3 is 0 Å². The highest BCUT2D eigenvalue weighted by molar-refractivity contribution is 8.01. The SMILES string of the molecule is Cc1cccc(C)c1NC(=O)CSc1nnc(Nc2ccccc2)s1. The number of hydrogen-bond acceptors (Lipinski definition) is 6. The quantitative estimate of drug-likeness (QED) is 0.619. The van der Waals surface area contributed by atoms with Crippen LogP contribution in [0.25, 0.3) is 0 Å². The first-order chi connectivity index (χ1) is 12.1. The molecule has 1 aromatic heterocycles. The van der Waals surface area contributed by atoms with Crippen molar-refractivity contribution in [2.45, 2.75) is 18.2 Å². The lowest BCUT2D eigenvalue weighted by Crippen LogP contribution is -2.15. The first-order valence-corrected chi connectivity index (χ1v) is 9.56. The summed E-state index contributed by atoms with van der Waals surface area (Å²) in [6.45, 7) is 3.98. The van der Waals surface area contributed by atoms with Crippen LogP contribution in [0.1, 0.15) is 11.1 Å². The summed E-state index contributed by atoms with van der Waals surface area (Å²) in [6, 6.07) is 15.8. The summed E-state index contributed by atoms with van der Waals surface area (Å²) >= 11 is 2.82. The number of thioether (sulfide) groups is 1. The number of amides is 1. The summed E-state index contributed by atoms with van der Waals surface area (Å²) in [7, 11) is 0. The van der Waals surface area contributed by atoms with E-state index in [-0.39, 0.29) is 5.91 Å². The maximum atomic E-state index is 12.2. The Kier molecular flexibility index (Phi) is 5.67. The third-order valence-corrected chi connectivity index (χ3v) is 5.48. The van der Waals surface area contributed by atoms with Gasteiger partial charge in [0.1, 0.15) is 0 Å². The maximum Gasteiger partial charge on any atom is 0.234 e. The Morgan fingerprint density at radius 1 is 1.04 bits per heavy atom. The van der Waals surface area contributed by atoms with Gasteiger partial charge in [-0.25, -0.2) is 0 Å². The molecule has 128 valence electrons. The minimum atomic E-state index is -0.0461. The van der Waals surface area contributed by atoms with E-state index in [2.05, 4.69) is 20.8 Å². The van der Waals surface area contributed by atoms with E-state index in [1.807, 2.05) is 62.4 Å². The van der Waals surface area contributed by atoms with Crippen molar-refractivity contribution in [2.75, 3.05) is 16.4 Å². The molecule has 3 aromatic rings. The zero-order valence-electron chi connectivity index (χ0n) is 13.9. The van der Waals surface area contributed by atoms with Crippen LogP contribution in [-0.2, 0) is 4.79 Å². The van der Waals surface area contributed by atoms with Gasteiger partial charge in [0.05, 0.1) is 5.75 Å². The van der Waals surface area contributed by atoms with Crippen LogP contribution in [0.15, 0.2) is 52.9 Å². The molecule has 0 fully saturated rings. The van der Waals surface area contributed by atoms with Gasteiger partial charge < -0.3 is 10.6 Å². The molecule has 0 aliphatic carbocycles. The molecule has 0 radical (unpaired) electrons. The number of hydrogen-bond donors (Lipinski definition) is 2. The minimum Gasteiger partial charge on any atom is -0.330 e. The number of benzene rings is 2. The second-order valence-electron chi connectivity index (χ2n) is 5.47. The molecule has 5 nitrogen and oxygen atoms in total. The zero-order chi connectivity index (χ0) is 17.6. The number of aromatic nitrogens is 2. The average Bonchev–Trinajstić information content (AvgIpc) is 3.05. The standard InChI is InChI=1S/C18H18N4OS2/c1-12-7-6-8-13(2)16(12)20-15(23)11-24-18-22-21-17(25-18)19-14-9-4-3-5-10-14/h3-10H,11H2,1-2H3,(H,19,21)(H,20,23). The van der Waals surface area contributed by atoms with E-state index in [0.29, 0.717) is 10.9 Å². The van der Waals surface area contributed by atoms with Crippen LogP contribution >= 0.6 is 23.1 Å². The molecule has 0 aliphatic heterocycles. The van der Waals surface area contributed by atoms with Gasteiger partial charge in [0.15, 0.2) is 4.34 Å². The number of nitrogens with zero attached hydrogens (tertiary/aromatic N) is 2. The van der Waals surface area contributed by atoms with Crippen molar-refractivity contribution < 1.29 is 4.79 Å². The monoisotopic (exact) mass is 370 g/mol. The fourth-order valence-corrected chi connectivity index (χ4v) is 3.85. The Labute approximate surface area is 154 Å². The molecule has 1 heterocycles. The van der Waals surface area contributed by atoms with Gasteiger partial charge in [-0.1, -0.05) is 59.5 Å². The normalized spacial score (nSPS) is 10.5. The second-order valence-corrected chi connectivity index (χ2v) is 7.67. The van der Waals surface area contributed by atoms with Crippen molar-refractivity contribution in [1.82, 2.24) is 10.2 Å². The van der Waals surface area contributed by atoms with Gasteiger partial charge in [0.2, 0.25) is 11.0 Å². The fourth-order valence-electron chi connectivity index (χ4n) is 2.28. The molecule has 2 N–H and O–H groups in total. The highest BCUT2D eigenvalue weighted by atomic mass is 32.2. The number of para-hydroxylation sites is 2. The predicted octanol–water partition coefficient (Wildman–Crippen LogP) is 4.63. The summed E-state index contributed by atoms with van der Waals surface area (Å²) in [4.78, 5) is 12.2. The molecule has 0 spiro atoms. The first-order valence-electron chi connectivity index (χ1n) is 7.76. The van der Waals surface area contributed by atoms with E-state index in [1.54, 1.807) is 0 Å². The topological polar surface area (TPSA) is 66.9 Å². The highest BCUT2D eigenvalue weighted by Gasteiger charge is 2.10. The molecular weight excluding hydrogens is 352 g/mol. The average molecular weight is 371 g/mol. The number of carbonyl (C=O) groups excluding carboxylic acids is 1. The molecule has 0 saturated carbocycles. The molecule has 0 bridgehead atoms. The Hall–Kier alpha value is -2.38. The maximum absolute atomic E-state index is 12.2. The summed E-state index contributed by atoms with van der Waals surface area (Å²) in [6.07, 6.45) is 0. The second kappa shape index (κ2) is 8.13. The number of aryl methyl sites for hydroxylation is 2. The third kappa shape index (κ3) is 4.80. The Morgan fingerprint density at radius 2 is 1.76 bits per heavy atom. The van der Waals surface area contributed by atoms with E-state index in [9.17, 15) is 4.79 Å². The van der Waals surface area contributed by atoms with Crippen LogP contribution in [0.2, 0.25) is 0 Å². The van der Waals surface area contributed by atoms with Crippen LogP contribution in [0.3, 0.4) is 0 Å². The van der Waals surface area contributed by atoms with E-state index in [1.165, 1.54) is 23.1 Å². The Morgan fingerprint density at radius 3 is 2.48 bits per heavy atom. The van der Waals surface area contributed by atoms with Crippen molar-refractivity contribution in [3.8, 4) is 0 Å². The number of carbonyl (C=O) groups is 1. The van der Waals surface area contributed by atoms with Gasteiger partial charge in [-0.2, -0.15) is 0 Å². The van der Waals surface area contributed by atoms with E-state index in [4.69, 9.17) is 0 Å². The molecule has 0 saturated heterocycles. The summed E-state index contributed by atoms with van der Waals surface area (Å²) in [5.41, 5.74) is 3.96. The predicted molar refractivity (Wildman–Crippen MR) is 105 cm³/mol. The molecule has 0 aliphatic rings. The lowest BCUT2D eigenvalue weighted by atomic mass is 10.1. The van der Waals surface area contributed by atoms with Crippen molar-refractivity contribution in [3.63, 3.8) is 0 Å². The number of anilines is 3. The summed E-state index contributed by atoms with van der Waals surface area (Å²) in [5.74, 6) is 0.253. The Bertz CT molecular complexity index is 844. The summed E-state index contributed by atoms with van der Waals surface area (Å²) in [5, 5.41) is 15.1. The van der Waals surface area contributed by atoms with Crippen LogP contribution in [0.4, 0.5) is 16.5 Å². The first kappa shape index (κ1) is 17.4. The largest absolute Gasteiger partial charge is 0.330 e. The fraction of sp³-hybridized carbons (Fsp3) is 0.167. The minimum absolute atomic E-state index is 0.0461. The van der Waals surface area contributed by atoms with Crippen LogP contribution in [0.5, 0.6) is 0 Å². The lowest BCUT2D eigenvalue weighted by molar-refractivity contribution is -0.113. The van der Waals surface area contributed by atoms with E-state index >= 15 is 0 Å². The zero-order valence-corrected chi connectivity index (χ0v) is 15.6. The molecule has 1 amide bonds. The molecule has 25 heavy (non-hydrogen) atoms. The summed E-state index contributed by atoms with van der Waals surface area (Å²) < 4.78 is 0.759. The van der Waals surface area contributed by atoms with Gasteiger partial charge in [-0.3, -0.25) is 4.79 Å². The molecule has 0 atom stereocenters. The van der Waals surface area contributed by atoms with Crippen molar-refractivity contribution in [3.05, 3.63) is 59.7 Å². The molecular formula is C18H18N4OS2. The van der Waals surface area contributed by atoms with Crippen LogP contribution in [0, 0.1) is 13.8 Å². The molecule has 7 heteroatoms. The van der Waals surface area contributed by atoms with Gasteiger partial charge in [0.25, 0.3) is 0 Å². The van der Waals surface area contributed by atoms with Crippen molar-refractivity contribution in [1.29, 1.82) is 0 Å². The number of rotatable bonds is 6. The molecule has 0 unspecified atom stereocenters. The van der Waals surface area contributed by atoms with Crippen LogP contribution < -0.4 is 10.6 Å². The molecule has 2 aromatic carbocycles. The highest BCUT2D eigenvalue weighted by Crippen LogP contribution is 2.28. The van der Waals surface area contributed by atoms with E-state index in [0.717, 1.165) is 26.8 Å². The van der Waals surface area contributed by atoms with E-state index < -0.39 is 0 Å². The van der Waals surface area contributed by atoms with Crippen LogP contribution in [-0.4, -0.2) is 21.9 Å². The molecule has 3 rings (SSSR count). The van der Waals surface area contributed by atoms with Gasteiger partial charge in [-0.15, -0.1) is 10.2 Å². The van der Waals surface area contributed by atoms with Crippen molar-refractivity contribution >= 4 is 45.5 Å².